The van der Waals surface area contributed by atoms with Gasteiger partial charge in [-0.25, -0.2) is 0 Å². The average Bonchev–Trinajstić information content (AvgIpc) is 2.33. The van der Waals surface area contributed by atoms with Crippen molar-refractivity contribution in [3.8, 4) is 0 Å². The third-order valence-electron chi connectivity index (χ3n) is 3.96. The van der Waals surface area contributed by atoms with Crippen LogP contribution in [-0.2, 0) is 16.6 Å². The Morgan fingerprint density at radius 1 is 1.00 bits per heavy atom. The van der Waals surface area contributed by atoms with Crippen LogP contribution in [0.25, 0.3) is 10.8 Å². The summed E-state index contributed by atoms with van der Waals surface area (Å²) in [4.78, 5) is 12.1. The summed E-state index contributed by atoms with van der Waals surface area (Å²) >= 11 is 0. The van der Waals surface area contributed by atoms with E-state index in [1.807, 2.05) is 6.07 Å². The Morgan fingerprint density at radius 3 is 2.59 bits per heavy atom. The van der Waals surface area contributed by atoms with Crippen molar-refractivity contribution >= 4 is 16.6 Å². The van der Waals surface area contributed by atoms with Crippen LogP contribution >= 0.6 is 0 Å². The summed E-state index contributed by atoms with van der Waals surface area (Å²) in [6.07, 6.45) is 1.57. The zero-order chi connectivity index (χ0) is 12.0. The van der Waals surface area contributed by atoms with Gasteiger partial charge in [0.25, 0.3) is 0 Å². The molecular formula is C16H16O. The number of aryl methyl sites for hydroxylation is 1. The number of hydrogen-bond donors (Lipinski definition) is 0. The predicted octanol–water partition coefficient (Wildman–Crippen LogP) is 3.63. The molecule has 0 atom stereocenters. The number of carbonyl (C=O) groups is 1. The molecule has 0 N–H and O–H groups in total. The zero-order valence-electron chi connectivity index (χ0n) is 10.3. The van der Waals surface area contributed by atoms with Crippen LogP contribution < -0.4 is 0 Å². The van der Waals surface area contributed by atoms with Gasteiger partial charge in [0.15, 0.2) is 0 Å². The Balaban J connectivity index is 2.41. The first-order chi connectivity index (χ1) is 8.10. The molecule has 0 radical (unpaired) electrons. The van der Waals surface area contributed by atoms with E-state index in [0.717, 1.165) is 6.42 Å². The molecule has 0 unspecified atom stereocenters. The molecule has 0 amide bonds. The summed E-state index contributed by atoms with van der Waals surface area (Å²) < 4.78 is 0. The molecule has 17 heavy (non-hydrogen) atoms. The highest BCUT2D eigenvalue weighted by Crippen LogP contribution is 2.38. The van der Waals surface area contributed by atoms with Gasteiger partial charge < -0.3 is 0 Å². The van der Waals surface area contributed by atoms with E-state index >= 15 is 0 Å². The molecule has 2 aromatic carbocycles. The lowest BCUT2D eigenvalue weighted by Gasteiger charge is -2.32. The van der Waals surface area contributed by atoms with E-state index < -0.39 is 0 Å². The first kappa shape index (κ1) is 10.5. The largest absolute Gasteiger partial charge is 0.299 e. The standard InChI is InChI=1S/C16H16O/c1-16(2)14(17)10-9-12-8-7-11-5-3-4-6-13(11)15(12)16/h3-8H,9-10H2,1-2H3. The van der Waals surface area contributed by atoms with Crippen LogP contribution in [-0.4, -0.2) is 5.78 Å². The van der Waals surface area contributed by atoms with Crippen molar-refractivity contribution in [3.63, 3.8) is 0 Å². The maximum absolute atomic E-state index is 12.1. The van der Waals surface area contributed by atoms with Gasteiger partial charge >= 0.3 is 0 Å². The lowest BCUT2D eigenvalue weighted by atomic mass is 9.70. The monoisotopic (exact) mass is 224 g/mol. The van der Waals surface area contributed by atoms with E-state index in [1.54, 1.807) is 0 Å². The predicted molar refractivity (Wildman–Crippen MR) is 70.3 cm³/mol. The molecule has 2 aromatic rings. The minimum Gasteiger partial charge on any atom is -0.299 e. The van der Waals surface area contributed by atoms with Crippen LogP contribution in [0.15, 0.2) is 36.4 Å². The molecule has 1 aliphatic rings. The van der Waals surface area contributed by atoms with Crippen LogP contribution in [0.2, 0.25) is 0 Å². The van der Waals surface area contributed by atoms with Gasteiger partial charge in [-0.3, -0.25) is 4.79 Å². The van der Waals surface area contributed by atoms with Gasteiger partial charge in [0, 0.05) is 11.8 Å². The van der Waals surface area contributed by atoms with E-state index in [4.69, 9.17) is 0 Å². The van der Waals surface area contributed by atoms with Gasteiger partial charge in [-0.05, 0) is 42.2 Å². The molecule has 0 saturated heterocycles. The normalized spacial score (nSPS) is 18.1. The summed E-state index contributed by atoms with van der Waals surface area (Å²) in [5, 5.41) is 2.47. The fourth-order valence-corrected chi connectivity index (χ4v) is 2.96. The van der Waals surface area contributed by atoms with Crippen molar-refractivity contribution in [1.82, 2.24) is 0 Å². The SMILES string of the molecule is CC1(C)C(=O)CCc2ccc3ccccc3c21. The molecule has 0 aliphatic heterocycles. The van der Waals surface area contributed by atoms with Crippen molar-refractivity contribution in [2.45, 2.75) is 32.1 Å². The lowest BCUT2D eigenvalue weighted by Crippen LogP contribution is -2.34. The summed E-state index contributed by atoms with van der Waals surface area (Å²) in [5.74, 6) is 0.362. The average molecular weight is 224 g/mol. The third kappa shape index (κ3) is 1.42. The molecule has 0 spiro atoms. The molecular weight excluding hydrogens is 208 g/mol. The van der Waals surface area contributed by atoms with Crippen molar-refractivity contribution in [2.75, 3.05) is 0 Å². The van der Waals surface area contributed by atoms with E-state index in [2.05, 4.69) is 44.2 Å². The Morgan fingerprint density at radius 2 is 1.76 bits per heavy atom. The summed E-state index contributed by atoms with van der Waals surface area (Å²) in [5.41, 5.74) is 2.24. The van der Waals surface area contributed by atoms with Gasteiger partial charge in [-0.15, -0.1) is 0 Å². The molecule has 0 heterocycles. The van der Waals surface area contributed by atoms with Crippen molar-refractivity contribution in [2.24, 2.45) is 0 Å². The van der Waals surface area contributed by atoms with E-state index in [0.29, 0.717) is 12.2 Å². The van der Waals surface area contributed by atoms with Crippen LogP contribution in [0, 0.1) is 0 Å². The minimum atomic E-state index is -0.339. The number of carbonyl (C=O) groups excluding carboxylic acids is 1. The fraction of sp³-hybridized carbons (Fsp3) is 0.312. The molecule has 1 heteroatoms. The van der Waals surface area contributed by atoms with Crippen LogP contribution in [0.5, 0.6) is 0 Å². The maximum Gasteiger partial charge on any atom is 0.143 e. The van der Waals surface area contributed by atoms with Gasteiger partial charge in [0.1, 0.15) is 5.78 Å². The maximum atomic E-state index is 12.1. The summed E-state index contributed by atoms with van der Waals surface area (Å²) in [7, 11) is 0. The van der Waals surface area contributed by atoms with E-state index in [1.165, 1.54) is 21.9 Å². The Labute approximate surface area is 101 Å². The summed E-state index contributed by atoms with van der Waals surface area (Å²) in [6, 6.07) is 12.7. The second-order valence-electron chi connectivity index (χ2n) is 5.37. The van der Waals surface area contributed by atoms with Gasteiger partial charge in [0.05, 0.1) is 0 Å². The van der Waals surface area contributed by atoms with Crippen molar-refractivity contribution < 1.29 is 4.79 Å². The van der Waals surface area contributed by atoms with Crippen molar-refractivity contribution in [1.29, 1.82) is 0 Å². The van der Waals surface area contributed by atoms with Crippen LogP contribution in [0.3, 0.4) is 0 Å². The second-order valence-corrected chi connectivity index (χ2v) is 5.37. The number of ketones is 1. The molecule has 0 saturated carbocycles. The van der Waals surface area contributed by atoms with Crippen molar-refractivity contribution in [3.05, 3.63) is 47.5 Å². The van der Waals surface area contributed by atoms with Gasteiger partial charge in [0.2, 0.25) is 0 Å². The molecule has 3 rings (SSSR count). The van der Waals surface area contributed by atoms with E-state index in [-0.39, 0.29) is 5.41 Å². The van der Waals surface area contributed by atoms with Crippen LogP contribution in [0.1, 0.15) is 31.4 Å². The highest BCUT2D eigenvalue weighted by Gasteiger charge is 2.36. The number of fused-ring (bicyclic) bond motifs is 3. The lowest BCUT2D eigenvalue weighted by molar-refractivity contribution is -0.124. The summed E-state index contributed by atoms with van der Waals surface area (Å²) in [6.45, 7) is 4.11. The number of Topliss-reactive ketones (excluding diaryl/α,β-unsaturated/α-hetero) is 1. The Hall–Kier alpha value is -1.63. The molecule has 0 fully saturated rings. The third-order valence-corrected chi connectivity index (χ3v) is 3.96. The zero-order valence-corrected chi connectivity index (χ0v) is 10.3. The quantitative estimate of drug-likeness (QED) is 0.667. The Kier molecular flexibility index (Phi) is 2.12. The number of rotatable bonds is 0. The Bertz CT molecular complexity index is 608. The van der Waals surface area contributed by atoms with Gasteiger partial charge in [-0.1, -0.05) is 36.4 Å². The minimum absolute atomic E-state index is 0.339. The molecule has 0 aromatic heterocycles. The first-order valence-corrected chi connectivity index (χ1v) is 6.15. The number of hydrogen-bond acceptors (Lipinski definition) is 1. The topological polar surface area (TPSA) is 17.1 Å². The van der Waals surface area contributed by atoms with E-state index in [9.17, 15) is 4.79 Å². The highest BCUT2D eigenvalue weighted by molar-refractivity contribution is 5.98. The molecule has 1 nitrogen and oxygen atoms in total. The smallest absolute Gasteiger partial charge is 0.143 e. The molecule has 86 valence electrons. The van der Waals surface area contributed by atoms with Crippen LogP contribution in [0.4, 0.5) is 0 Å². The second kappa shape index (κ2) is 3.43. The fourth-order valence-electron chi connectivity index (χ4n) is 2.96. The molecule has 1 aliphatic carbocycles. The highest BCUT2D eigenvalue weighted by atomic mass is 16.1. The first-order valence-electron chi connectivity index (χ1n) is 6.15. The molecule has 0 bridgehead atoms. The van der Waals surface area contributed by atoms with Gasteiger partial charge in [-0.2, -0.15) is 0 Å². The number of benzene rings is 2.